The molecule has 0 fully saturated rings. The van der Waals surface area contributed by atoms with Crippen LogP contribution in [0.25, 0.3) is 0 Å². The largest absolute Gasteiger partial charge is 0.339 e. The zero-order valence-corrected chi connectivity index (χ0v) is 12.2. The lowest BCUT2D eigenvalue weighted by molar-refractivity contribution is 0.365. The quantitative estimate of drug-likeness (QED) is 0.890. The molecule has 0 radical (unpaired) electrons. The average molecular weight is 298 g/mol. The maximum Gasteiger partial charge on any atom is 0.226 e. The van der Waals surface area contributed by atoms with E-state index in [1.807, 2.05) is 7.05 Å². The summed E-state index contributed by atoms with van der Waals surface area (Å²) in [5.74, 6) is 0.819. The van der Waals surface area contributed by atoms with Crippen LogP contribution >= 0.6 is 11.6 Å². The van der Waals surface area contributed by atoms with Crippen LogP contribution in [-0.4, -0.2) is 23.2 Å². The third-order valence-corrected chi connectivity index (χ3v) is 3.51. The molecule has 0 aliphatic heterocycles. The second-order valence-electron chi connectivity index (χ2n) is 4.75. The molecule has 4 nitrogen and oxygen atoms in total. The van der Waals surface area contributed by atoms with E-state index in [1.54, 1.807) is 6.07 Å². The summed E-state index contributed by atoms with van der Waals surface area (Å²) in [4.78, 5) is 4.32. The third-order valence-electron chi connectivity index (χ3n) is 3.16. The topological polar surface area (TPSA) is 51.0 Å². The van der Waals surface area contributed by atoms with Gasteiger partial charge in [0, 0.05) is 23.9 Å². The van der Waals surface area contributed by atoms with Crippen molar-refractivity contribution in [2.45, 2.75) is 32.2 Å². The Balaban J connectivity index is 1.98. The number of aryl methyl sites for hydroxylation is 1. The van der Waals surface area contributed by atoms with Crippen LogP contribution in [0, 0.1) is 5.82 Å². The first kappa shape index (κ1) is 14.9. The monoisotopic (exact) mass is 297 g/mol. The SMILES string of the molecule is CNC(C)CCc1nc(Cc2ccc(F)cc2Cl)no1. The van der Waals surface area contributed by atoms with E-state index in [2.05, 4.69) is 22.4 Å². The van der Waals surface area contributed by atoms with Gasteiger partial charge in [0.25, 0.3) is 0 Å². The minimum Gasteiger partial charge on any atom is -0.339 e. The van der Waals surface area contributed by atoms with Gasteiger partial charge in [0.05, 0.1) is 0 Å². The summed E-state index contributed by atoms with van der Waals surface area (Å²) in [5, 5.41) is 7.45. The third kappa shape index (κ3) is 4.02. The second-order valence-corrected chi connectivity index (χ2v) is 5.15. The van der Waals surface area contributed by atoms with Gasteiger partial charge in [0.1, 0.15) is 5.82 Å². The first-order valence-corrected chi connectivity index (χ1v) is 6.89. The van der Waals surface area contributed by atoms with E-state index in [9.17, 15) is 4.39 Å². The molecular formula is C14H17ClFN3O. The molecular weight excluding hydrogens is 281 g/mol. The molecule has 1 unspecified atom stereocenters. The fraction of sp³-hybridized carbons (Fsp3) is 0.429. The zero-order chi connectivity index (χ0) is 14.5. The molecule has 1 aromatic carbocycles. The highest BCUT2D eigenvalue weighted by atomic mass is 35.5. The molecule has 20 heavy (non-hydrogen) atoms. The molecule has 0 saturated heterocycles. The maximum atomic E-state index is 13.0. The van der Waals surface area contributed by atoms with Crippen LogP contribution in [0.4, 0.5) is 4.39 Å². The molecule has 1 atom stereocenters. The van der Waals surface area contributed by atoms with E-state index in [-0.39, 0.29) is 5.82 Å². The van der Waals surface area contributed by atoms with Gasteiger partial charge < -0.3 is 9.84 Å². The Hall–Kier alpha value is -1.46. The van der Waals surface area contributed by atoms with Gasteiger partial charge in [-0.1, -0.05) is 22.8 Å². The van der Waals surface area contributed by atoms with Gasteiger partial charge in [0.15, 0.2) is 5.82 Å². The predicted octanol–water partition coefficient (Wildman–Crippen LogP) is 2.99. The van der Waals surface area contributed by atoms with Crippen LogP contribution in [0.3, 0.4) is 0 Å². The molecule has 0 bridgehead atoms. The highest BCUT2D eigenvalue weighted by molar-refractivity contribution is 6.31. The molecule has 0 spiro atoms. The summed E-state index contributed by atoms with van der Waals surface area (Å²) in [7, 11) is 1.92. The van der Waals surface area contributed by atoms with Gasteiger partial charge >= 0.3 is 0 Å². The number of hydrogen-bond donors (Lipinski definition) is 1. The van der Waals surface area contributed by atoms with Crippen LogP contribution < -0.4 is 5.32 Å². The molecule has 0 aliphatic carbocycles. The lowest BCUT2D eigenvalue weighted by Crippen LogP contribution is -2.21. The van der Waals surface area contributed by atoms with Crippen LogP contribution in [0.15, 0.2) is 22.7 Å². The minimum atomic E-state index is -0.353. The average Bonchev–Trinajstić information content (AvgIpc) is 2.87. The van der Waals surface area contributed by atoms with Crippen molar-refractivity contribution in [3.8, 4) is 0 Å². The minimum absolute atomic E-state index is 0.353. The molecule has 2 rings (SSSR count). The Labute approximate surface area is 122 Å². The van der Waals surface area contributed by atoms with E-state index < -0.39 is 0 Å². The van der Waals surface area contributed by atoms with Gasteiger partial charge in [-0.05, 0) is 38.1 Å². The van der Waals surface area contributed by atoms with Crippen LogP contribution in [0.1, 0.15) is 30.6 Å². The lowest BCUT2D eigenvalue weighted by Gasteiger charge is -2.06. The van der Waals surface area contributed by atoms with Crippen LogP contribution in [0.2, 0.25) is 5.02 Å². The van der Waals surface area contributed by atoms with E-state index in [1.165, 1.54) is 12.1 Å². The van der Waals surface area contributed by atoms with Crippen molar-refractivity contribution in [3.05, 3.63) is 46.3 Å². The summed E-state index contributed by atoms with van der Waals surface area (Å²) in [6, 6.07) is 4.69. The number of aromatic nitrogens is 2. The number of hydrogen-bond acceptors (Lipinski definition) is 4. The summed E-state index contributed by atoms with van der Waals surface area (Å²) in [5.41, 5.74) is 0.781. The predicted molar refractivity (Wildman–Crippen MR) is 75.4 cm³/mol. The highest BCUT2D eigenvalue weighted by Crippen LogP contribution is 2.19. The standard InChI is InChI=1S/C14H17ClFN3O/c1-9(17-2)3-6-14-18-13(19-20-14)7-10-4-5-11(16)8-12(10)15/h4-5,8-9,17H,3,6-7H2,1-2H3. The van der Waals surface area contributed by atoms with Crippen LogP contribution in [0.5, 0.6) is 0 Å². The van der Waals surface area contributed by atoms with Crippen molar-refractivity contribution in [2.24, 2.45) is 0 Å². The van der Waals surface area contributed by atoms with Crippen molar-refractivity contribution >= 4 is 11.6 Å². The summed E-state index contributed by atoms with van der Waals surface area (Å²) in [6.45, 7) is 2.09. The number of halogens is 2. The summed E-state index contributed by atoms with van der Waals surface area (Å²) in [6.07, 6.45) is 2.09. The normalized spacial score (nSPS) is 12.6. The Kier molecular flexibility index (Phi) is 5.09. The zero-order valence-electron chi connectivity index (χ0n) is 11.5. The van der Waals surface area contributed by atoms with Crippen molar-refractivity contribution in [3.63, 3.8) is 0 Å². The fourth-order valence-corrected chi connectivity index (χ4v) is 2.02. The van der Waals surface area contributed by atoms with E-state index in [0.29, 0.717) is 29.2 Å². The molecule has 6 heteroatoms. The summed E-state index contributed by atoms with van der Waals surface area (Å²) < 4.78 is 18.1. The first-order chi connectivity index (χ1) is 9.58. The van der Waals surface area contributed by atoms with Gasteiger partial charge in [-0.3, -0.25) is 0 Å². The van der Waals surface area contributed by atoms with Crippen molar-refractivity contribution in [1.82, 2.24) is 15.5 Å². The Morgan fingerprint density at radius 1 is 1.45 bits per heavy atom. The molecule has 108 valence electrons. The highest BCUT2D eigenvalue weighted by Gasteiger charge is 2.10. The Morgan fingerprint density at radius 3 is 2.95 bits per heavy atom. The van der Waals surface area contributed by atoms with Crippen molar-refractivity contribution < 1.29 is 8.91 Å². The smallest absolute Gasteiger partial charge is 0.226 e. The molecule has 2 aromatic rings. The van der Waals surface area contributed by atoms with Gasteiger partial charge in [-0.15, -0.1) is 0 Å². The van der Waals surface area contributed by atoms with E-state index >= 15 is 0 Å². The Morgan fingerprint density at radius 2 is 2.25 bits per heavy atom. The lowest BCUT2D eigenvalue weighted by atomic mass is 10.1. The molecule has 1 N–H and O–H groups in total. The number of nitrogens with one attached hydrogen (secondary N) is 1. The Bertz CT molecular complexity index is 573. The van der Waals surface area contributed by atoms with Crippen LogP contribution in [-0.2, 0) is 12.8 Å². The molecule has 0 aliphatic rings. The van der Waals surface area contributed by atoms with E-state index in [0.717, 1.165) is 18.4 Å². The van der Waals surface area contributed by atoms with Gasteiger partial charge in [0.2, 0.25) is 5.89 Å². The van der Waals surface area contributed by atoms with Gasteiger partial charge in [-0.25, -0.2) is 4.39 Å². The van der Waals surface area contributed by atoms with Gasteiger partial charge in [-0.2, -0.15) is 4.98 Å². The number of rotatable bonds is 6. The maximum absolute atomic E-state index is 13.0. The fourth-order valence-electron chi connectivity index (χ4n) is 1.78. The molecule has 0 saturated carbocycles. The number of benzene rings is 1. The molecule has 1 heterocycles. The molecule has 1 aromatic heterocycles. The number of nitrogens with zero attached hydrogens (tertiary/aromatic N) is 2. The molecule has 0 amide bonds. The van der Waals surface area contributed by atoms with Crippen molar-refractivity contribution in [2.75, 3.05) is 7.05 Å². The summed E-state index contributed by atoms with van der Waals surface area (Å²) >= 11 is 5.97. The van der Waals surface area contributed by atoms with Crippen molar-refractivity contribution in [1.29, 1.82) is 0 Å². The first-order valence-electron chi connectivity index (χ1n) is 6.51. The van der Waals surface area contributed by atoms with E-state index in [4.69, 9.17) is 16.1 Å². The second kappa shape index (κ2) is 6.81.